The molecule has 1 amide bonds. The maximum atomic E-state index is 12.3. The lowest BCUT2D eigenvalue weighted by molar-refractivity contribution is 0.0737. The maximum absolute atomic E-state index is 12.3. The fourth-order valence-corrected chi connectivity index (χ4v) is 1.93. The molecule has 5 heteroatoms. The van der Waals surface area contributed by atoms with Crippen LogP contribution in [0.4, 0.5) is 5.95 Å². The molecule has 0 bridgehead atoms. The number of nitrogens with two attached hydrogens (primary N) is 1. The van der Waals surface area contributed by atoms with Crippen LogP contribution >= 0.6 is 0 Å². The van der Waals surface area contributed by atoms with Crippen LogP contribution in [-0.4, -0.2) is 33.4 Å². The molecule has 1 heterocycles. The summed E-state index contributed by atoms with van der Waals surface area (Å²) in [6, 6.07) is 2.10. The first-order valence-electron chi connectivity index (χ1n) is 6.04. The molecule has 2 rings (SSSR count). The fraction of sp³-hybridized carbons (Fsp3) is 0.583. The van der Waals surface area contributed by atoms with Gasteiger partial charge in [0.05, 0.1) is 0 Å². The topological polar surface area (TPSA) is 72.1 Å². The van der Waals surface area contributed by atoms with E-state index < -0.39 is 0 Å². The summed E-state index contributed by atoms with van der Waals surface area (Å²) in [6.45, 7) is 4.67. The Bertz CT molecular complexity index is 408. The zero-order valence-corrected chi connectivity index (χ0v) is 10.3. The van der Waals surface area contributed by atoms with Gasteiger partial charge in [-0.25, -0.2) is 9.97 Å². The monoisotopic (exact) mass is 234 g/mol. The van der Waals surface area contributed by atoms with E-state index in [1.54, 1.807) is 6.07 Å². The van der Waals surface area contributed by atoms with E-state index in [9.17, 15) is 4.79 Å². The van der Waals surface area contributed by atoms with Gasteiger partial charge in [-0.2, -0.15) is 0 Å². The molecule has 2 N–H and O–H groups in total. The second-order valence-corrected chi connectivity index (χ2v) is 4.48. The number of anilines is 1. The summed E-state index contributed by atoms with van der Waals surface area (Å²) in [5.74, 6) is 0.146. The smallest absolute Gasteiger partial charge is 0.272 e. The van der Waals surface area contributed by atoms with Crippen LogP contribution in [0.1, 0.15) is 42.4 Å². The minimum Gasteiger partial charge on any atom is -0.368 e. The van der Waals surface area contributed by atoms with E-state index in [1.165, 1.54) is 0 Å². The first-order valence-corrected chi connectivity index (χ1v) is 6.04. The van der Waals surface area contributed by atoms with Gasteiger partial charge in [0, 0.05) is 18.3 Å². The number of aryl methyl sites for hydroxylation is 1. The Morgan fingerprint density at radius 1 is 1.53 bits per heavy atom. The maximum Gasteiger partial charge on any atom is 0.272 e. The highest BCUT2D eigenvalue weighted by molar-refractivity contribution is 5.93. The number of nitrogen functional groups attached to an aromatic ring is 1. The Labute approximate surface area is 101 Å². The molecule has 0 radical (unpaired) electrons. The van der Waals surface area contributed by atoms with Crippen molar-refractivity contribution < 1.29 is 4.79 Å². The van der Waals surface area contributed by atoms with Crippen molar-refractivity contribution in [2.24, 2.45) is 0 Å². The third-order valence-corrected chi connectivity index (χ3v) is 2.80. The van der Waals surface area contributed by atoms with E-state index in [0.717, 1.165) is 31.5 Å². The molecular formula is C12H18N4O. The van der Waals surface area contributed by atoms with Gasteiger partial charge in [-0.3, -0.25) is 4.79 Å². The van der Waals surface area contributed by atoms with E-state index in [-0.39, 0.29) is 11.9 Å². The molecular weight excluding hydrogens is 216 g/mol. The predicted molar refractivity (Wildman–Crippen MR) is 65.5 cm³/mol. The van der Waals surface area contributed by atoms with Gasteiger partial charge < -0.3 is 10.6 Å². The zero-order valence-electron chi connectivity index (χ0n) is 10.3. The highest BCUT2D eigenvalue weighted by atomic mass is 16.2. The SMILES string of the molecule is CCCN(C(=O)c1cc(C)nc(N)n1)C1CC1. The normalized spacial score (nSPS) is 14.7. The molecule has 1 aliphatic rings. The number of rotatable bonds is 4. The van der Waals surface area contributed by atoms with Crippen molar-refractivity contribution in [3.8, 4) is 0 Å². The minimum absolute atomic E-state index is 0.0217. The number of carbonyl (C=O) groups is 1. The van der Waals surface area contributed by atoms with E-state index in [4.69, 9.17) is 5.73 Å². The molecule has 0 spiro atoms. The largest absolute Gasteiger partial charge is 0.368 e. The van der Waals surface area contributed by atoms with Crippen LogP contribution in [0.3, 0.4) is 0 Å². The molecule has 1 aromatic heterocycles. The van der Waals surface area contributed by atoms with Gasteiger partial charge in [-0.1, -0.05) is 6.92 Å². The van der Waals surface area contributed by atoms with Gasteiger partial charge >= 0.3 is 0 Å². The Balaban J connectivity index is 2.21. The molecule has 0 saturated heterocycles. The third kappa shape index (κ3) is 2.72. The van der Waals surface area contributed by atoms with Gasteiger partial charge in [0.1, 0.15) is 5.69 Å². The molecule has 1 aliphatic carbocycles. The molecule has 92 valence electrons. The van der Waals surface area contributed by atoms with Crippen LogP contribution < -0.4 is 5.73 Å². The van der Waals surface area contributed by atoms with Crippen molar-refractivity contribution >= 4 is 11.9 Å². The first-order chi connectivity index (χ1) is 8.11. The average Bonchev–Trinajstić information content (AvgIpc) is 3.07. The fourth-order valence-electron chi connectivity index (χ4n) is 1.93. The van der Waals surface area contributed by atoms with Crippen molar-refractivity contribution in [3.63, 3.8) is 0 Å². The highest BCUT2D eigenvalue weighted by Gasteiger charge is 2.33. The number of amides is 1. The van der Waals surface area contributed by atoms with E-state index in [1.807, 2.05) is 11.8 Å². The lowest BCUT2D eigenvalue weighted by Crippen LogP contribution is -2.34. The standard InChI is InChI=1S/C12H18N4O/c1-3-6-16(9-4-5-9)11(17)10-7-8(2)14-12(13)15-10/h7,9H,3-6H2,1-2H3,(H2,13,14,15). The summed E-state index contributed by atoms with van der Waals surface area (Å²) in [6.07, 6.45) is 3.17. The quantitative estimate of drug-likeness (QED) is 0.854. The second-order valence-electron chi connectivity index (χ2n) is 4.48. The lowest BCUT2D eigenvalue weighted by atomic mass is 10.2. The molecule has 5 nitrogen and oxygen atoms in total. The molecule has 0 atom stereocenters. The van der Waals surface area contributed by atoms with Gasteiger partial charge in [0.15, 0.2) is 0 Å². The number of carbonyl (C=O) groups excluding carboxylic acids is 1. The van der Waals surface area contributed by atoms with Crippen molar-refractivity contribution in [1.82, 2.24) is 14.9 Å². The van der Waals surface area contributed by atoms with Crippen molar-refractivity contribution in [3.05, 3.63) is 17.5 Å². The van der Waals surface area contributed by atoms with Gasteiger partial charge in [0.2, 0.25) is 5.95 Å². The van der Waals surface area contributed by atoms with Gasteiger partial charge in [-0.15, -0.1) is 0 Å². The summed E-state index contributed by atoms with van der Waals surface area (Å²) in [5.41, 5.74) is 6.71. The second kappa shape index (κ2) is 4.69. The minimum atomic E-state index is -0.0217. The van der Waals surface area contributed by atoms with Gasteiger partial charge in [-0.05, 0) is 32.3 Å². The molecule has 0 unspecified atom stereocenters. The summed E-state index contributed by atoms with van der Waals surface area (Å²) >= 11 is 0. The number of nitrogens with zero attached hydrogens (tertiary/aromatic N) is 3. The number of hydrogen-bond acceptors (Lipinski definition) is 4. The Hall–Kier alpha value is -1.65. The summed E-state index contributed by atoms with van der Waals surface area (Å²) < 4.78 is 0. The van der Waals surface area contributed by atoms with Crippen molar-refractivity contribution in [1.29, 1.82) is 0 Å². The van der Waals surface area contributed by atoms with E-state index in [0.29, 0.717) is 11.7 Å². The Morgan fingerprint density at radius 3 is 2.76 bits per heavy atom. The van der Waals surface area contributed by atoms with Crippen molar-refractivity contribution in [2.45, 2.75) is 39.2 Å². The molecule has 1 saturated carbocycles. The molecule has 0 aromatic carbocycles. The zero-order chi connectivity index (χ0) is 12.4. The molecule has 1 fully saturated rings. The summed E-state index contributed by atoms with van der Waals surface area (Å²) in [7, 11) is 0. The number of hydrogen-bond donors (Lipinski definition) is 1. The Morgan fingerprint density at radius 2 is 2.24 bits per heavy atom. The molecule has 17 heavy (non-hydrogen) atoms. The summed E-state index contributed by atoms with van der Waals surface area (Å²) in [4.78, 5) is 22.2. The Kier molecular flexibility index (Phi) is 3.26. The van der Waals surface area contributed by atoms with Crippen LogP contribution in [0.5, 0.6) is 0 Å². The lowest BCUT2D eigenvalue weighted by Gasteiger charge is -2.21. The average molecular weight is 234 g/mol. The summed E-state index contributed by atoms with van der Waals surface area (Å²) in [5, 5.41) is 0. The van der Waals surface area contributed by atoms with Crippen LogP contribution in [0.2, 0.25) is 0 Å². The van der Waals surface area contributed by atoms with Crippen LogP contribution in [0, 0.1) is 6.92 Å². The first kappa shape index (κ1) is 11.8. The molecule has 0 aliphatic heterocycles. The van der Waals surface area contributed by atoms with E-state index >= 15 is 0 Å². The van der Waals surface area contributed by atoms with Gasteiger partial charge in [0.25, 0.3) is 5.91 Å². The van der Waals surface area contributed by atoms with Crippen LogP contribution in [0.15, 0.2) is 6.07 Å². The number of aromatic nitrogens is 2. The molecule has 1 aromatic rings. The van der Waals surface area contributed by atoms with Crippen LogP contribution in [-0.2, 0) is 0 Å². The highest BCUT2D eigenvalue weighted by Crippen LogP contribution is 2.28. The van der Waals surface area contributed by atoms with Crippen LogP contribution in [0.25, 0.3) is 0 Å². The third-order valence-electron chi connectivity index (χ3n) is 2.80. The van der Waals surface area contributed by atoms with Crippen molar-refractivity contribution in [2.75, 3.05) is 12.3 Å². The van der Waals surface area contributed by atoms with E-state index in [2.05, 4.69) is 16.9 Å². The predicted octanol–water partition coefficient (Wildman–Crippen LogP) is 1.38.